The summed E-state index contributed by atoms with van der Waals surface area (Å²) in [4.78, 5) is 9.29. The van der Waals surface area contributed by atoms with Crippen LogP contribution in [-0.2, 0) is 13.6 Å². The van der Waals surface area contributed by atoms with Gasteiger partial charge in [0.1, 0.15) is 0 Å². The maximum Gasteiger partial charge on any atom is 0.193 e. The number of hydrogen-bond acceptors (Lipinski definition) is 3. The normalized spacial score (nSPS) is 18.7. The number of likely N-dealkylation sites (tertiary alicyclic amines) is 1. The molecule has 2 rings (SSSR count). The molecule has 1 aromatic rings. The molecular weight excluding hydrogens is 451 g/mol. The fourth-order valence-electron chi connectivity index (χ4n) is 3.85. The van der Waals surface area contributed by atoms with E-state index in [0.29, 0.717) is 17.9 Å². The number of guanidine groups is 1. The van der Waals surface area contributed by atoms with Crippen molar-refractivity contribution in [1.82, 2.24) is 24.9 Å². The SMILES string of the molecule is CN=C(NCC1CCCN(C(C)C)C1)N(C)Cc1cn(C)nc1C(C)C.I. The van der Waals surface area contributed by atoms with Gasteiger partial charge in [0.15, 0.2) is 5.96 Å². The largest absolute Gasteiger partial charge is 0.356 e. The molecule has 0 aliphatic carbocycles. The number of piperidine rings is 1. The van der Waals surface area contributed by atoms with Crippen molar-refractivity contribution in [3.05, 3.63) is 17.5 Å². The minimum absolute atomic E-state index is 0. The molecule has 1 N–H and O–H groups in total. The average molecular weight is 490 g/mol. The van der Waals surface area contributed by atoms with Crippen LogP contribution in [0.4, 0.5) is 0 Å². The van der Waals surface area contributed by atoms with E-state index < -0.39 is 0 Å². The molecule has 1 atom stereocenters. The molecule has 7 heteroatoms. The lowest BCUT2D eigenvalue weighted by atomic mass is 9.97. The van der Waals surface area contributed by atoms with E-state index in [1.54, 1.807) is 0 Å². The maximum absolute atomic E-state index is 4.62. The van der Waals surface area contributed by atoms with Gasteiger partial charge in [0.25, 0.3) is 0 Å². The van der Waals surface area contributed by atoms with E-state index in [0.717, 1.165) is 19.0 Å². The van der Waals surface area contributed by atoms with E-state index in [2.05, 4.69) is 66.1 Å². The minimum atomic E-state index is 0. The van der Waals surface area contributed by atoms with Crippen molar-refractivity contribution < 1.29 is 0 Å². The monoisotopic (exact) mass is 490 g/mol. The third-order valence-corrected chi connectivity index (χ3v) is 5.29. The van der Waals surface area contributed by atoms with Crippen LogP contribution in [-0.4, -0.2) is 65.3 Å². The van der Waals surface area contributed by atoms with Crippen LogP contribution in [0.5, 0.6) is 0 Å². The van der Waals surface area contributed by atoms with E-state index in [9.17, 15) is 0 Å². The molecule has 0 radical (unpaired) electrons. The first kappa shape index (κ1) is 24.2. The first-order chi connectivity index (χ1) is 12.3. The van der Waals surface area contributed by atoms with E-state index in [-0.39, 0.29) is 24.0 Å². The Morgan fingerprint density at radius 2 is 2.07 bits per heavy atom. The number of hydrogen-bond donors (Lipinski definition) is 1. The van der Waals surface area contributed by atoms with Gasteiger partial charge in [-0.05, 0) is 45.1 Å². The summed E-state index contributed by atoms with van der Waals surface area (Å²) < 4.78 is 1.91. The van der Waals surface area contributed by atoms with E-state index in [4.69, 9.17) is 0 Å². The van der Waals surface area contributed by atoms with Crippen LogP contribution in [0.25, 0.3) is 0 Å². The summed E-state index contributed by atoms with van der Waals surface area (Å²) >= 11 is 0. The zero-order valence-electron chi connectivity index (χ0n) is 18.2. The van der Waals surface area contributed by atoms with Gasteiger partial charge in [-0.25, -0.2) is 0 Å². The predicted molar refractivity (Wildman–Crippen MR) is 125 cm³/mol. The minimum Gasteiger partial charge on any atom is -0.356 e. The van der Waals surface area contributed by atoms with Gasteiger partial charge in [-0.3, -0.25) is 9.67 Å². The maximum atomic E-state index is 4.62. The number of rotatable bonds is 6. The molecule has 2 heterocycles. The summed E-state index contributed by atoms with van der Waals surface area (Å²) in [5.74, 6) is 2.09. The lowest BCUT2D eigenvalue weighted by Gasteiger charge is -2.36. The summed E-state index contributed by atoms with van der Waals surface area (Å²) in [6.45, 7) is 13.2. The van der Waals surface area contributed by atoms with Gasteiger partial charge in [-0.2, -0.15) is 5.10 Å². The number of nitrogens with zero attached hydrogens (tertiary/aromatic N) is 5. The first-order valence-electron chi connectivity index (χ1n) is 10.00. The number of aromatic nitrogens is 2. The van der Waals surface area contributed by atoms with Gasteiger partial charge in [0, 0.05) is 58.6 Å². The van der Waals surface area contributed by atoms with Crippen LogP contribution >= 0.6 is 24.0 Å². The topological polar surface area (TPSA) is 48.7 Å². The number of aryl methyl sites for hydroxylation is 1. The third-order valence-electron chi connectivity index (χ3n) is 5.29. The lowest BCUT2D eigenvalue weighted by molar-refractivity contribution is 0.140. The molecule has 6 nitrogen and oxygen atoms in total. The molecule has 1 unspecified atom stereocenters. The summed E-state index contributed by atoms with van der Waals surface area (Å²) in [5.41, 5.74) is 2.45. The van der Waals surface area contributed by atoms with Gasteiger partial charge >= 0.3 is 0 Å². The Morgan fingerprint density at radius 3 is 2.67 bits per heavy atom. The standard InChI is InChI=1S/C20H38N6.HI/c1-15(2)19-18(14-25(7)23-19)13-24(6)20(21-5)22-11-17-9-8-10-26(12-17)16(3)4;/h14-17H,8-13H2,1-7H3,(H,21,22);1H. The van der Waals surface area contributed by atoms with Crippen molar-refractivity contribution in [2.24, 2.45) is 18.0 Å². The predicted octanol–water partition coefficient (Wildman–Crippen LogP) is 3.29. The highest BCUT2D eigenvalue weighted by molar-refractivity contribution is 14.0. The molecule has 27 heavy (non-hydrogen) atoms. The first-order valence-corrected chi connectivity index (χ1v) is 10.00. The van der Waals surface area contributed by atoms with Crippen molar-refractivity contribution in [2.45, 2.75) is 59.0 Å². The van der Waals surface area contributed by atoms with Crippen molar-refractivity contribution in [3.63, 3.8) is 0 Å². The highest BCUT2D eigenvalue weighted by atomic mass is 127. The Labute approximate surface area is 182 Å². The molecule has 156 valence electrons. The molecule has 1 aliphatic heterocycles. The Morgan fingerprint density at radius 1 is 1.37 bits per heavy atom. The molecule has 0 spiro atoms. The molecule has 0 aromatic carbocycles. The van der Waals surface area contributed by atoms with Crippen LogP contribution in [0.15, 0.2) is 11.2 Å². The Bertz CT molecular complexity index is 595. The summed E-state index contributed by atoms with van der Waals surface area (Å²) in [6, 6.07) is 0.639. The second-order valence-corrected chi connectivity index (χ2v) is 8.25. The van der Waals surface area contributed by atoms with Crippen molar-refractivity contribution in [3.8, 4) is 0 Å². The van der Waals surface area contributed by atoms with Crippen molar-refractivity contribution in [1.29, 1.82) is 0 Å². The number of halogens is 1. The summed E-state index contributed by atoms with van der Waals surface area (Å²) in [5, 5.41) is 8.21. The highest BCUT2D eigenvalue weighted by Crippen LogP contribution is 2.19. The summed E-state index contributed by atoms with van der Waals surface area (Å²) in [6.07, 6.45) is 4.73. The molecule has 0 saturated carbocycles. The smallest absolute Gasteiger partial charge is 0.193 e. The fourth-order valence-corrected chi connectivity index (χ4v) is 3.85. The fraction of sp³-hybridized carbons (Fsp3) is 0.800. The van der Waals surface area contributed by atoms with Crippen molar-refractivity contribution >= 4 is 29.9 Å². The average Bonchev–Trinajstić information content (AvgIpc) is 2.96. The molecule has 1 saturated heterocycles. The van der Waals surface area contributed by atoms with Gasteiger partial charge in [0.05, 0.1) is 5.69 Å². The van der Waals surface area contributed by atoms with Crippen LogP contribution < -0.4 is 5.32 Å². The lowest BCUT2D eigenvalue weighted by Crippen LogP contribution is -2.46. The zero-order chi connectivity index (χ0) is 19.3. The Hall–Kier alpha value is -0.830. The number of aliphatic imine (C=N–C) groups is 1. The second kappa shape index (κ2) is 11.2. The van der Waals surface area contributed by atoms with E-state index >= 15 is 0 Å². The van der Waals surface area contributed by atoms with Crippen LogP contribution in [0.3, 0.4) is 0 Å². The van der Waals surface area contributed by atoms with Crippen molar-refractivity contribution in [2.75, 3.05) is 33.7 Å². The molecule has 1 aliphatic rings. The van der Waals surface area contributed by atoms with Gasteiger partial charge in [-0.1, -0.05) is 13.8 Å². The van der Waals surface area contributed by atoms with E-state index in [1.165, 1.54) is 37.2 Å². The van der Waals surface area contributed by atoms with E-state index in [1.807, 2.05) is 18.8 Å². The van der Waals surface area contributed by atoms with Gasteiger partial charge in [0.2, 0.25) is 0 Å². The van der Waals surface area contributed by atoms with Crippen LogP contribution in [0.1, 0.15) is 57.7 Å². The summed E-state index contributed by atoms with van der Waals surface area (Å²) in [7, 11) is 5.96. The number of nitrogens with one attached hydrogen (secondary N) is 1. The molecule has 1 fully saturated rings. The van der Waals surface area contributed by atoms with Gasteiger partial charge in [-0.15, -0.1) is 24.0 Å². The molecular formula is C20H39IN6. The Balaban J connectivity index is 0.00000364. The molecule has 0 amide bonds. The quantitative estimate of drug-likeness (QED) is 0.378. The molecule has 0 bridgehead atoms. The Kier molecular flexibility index (Phi) is 10.1. The zero-order valence-corrected chi connectivity index (χ0v) is 20.5. The van der Waals surface area contributed by atoms with Crippen LogP contribution in [0, 0.1) is 5.92 Å². The molecule has 1 aromatic heterocycles. The second-order valence-electron chi connectivity index (χ2n) is 8.25. The highest BCUT2D eigenvalue weighted by Gasteiger charge is 2.22. The van der Waals surface area contributed by atoms with Gasteiger partial charge < -0.3 is 15.1 Å². The third kappa shape index (κ3) is 6.93. The van der Waals surface area contributed by atoms with Crippen LogP contribution in [0.2, 0.25) is 0 Å².